The topological polar surface area (TPSA) is 44.7 Å². The van der Waals surface area contributed by atoms with E-state index in [0.717, 1.165) is 23.2 Å². The third kappa shape index (κ3) is 5.91. The summed E-state index contributed by atoms with van der Waals surface area (Å²) in [6, 6.07) is 6.21. The van der Waals surface area contributed by atoms with Crippen LogP contribution in [-0.2, 0) is 11.3 Å². The number of benzene rings is 1. The average Bonchev–Trinajstić information content (AvgIpc) is 2.35. The molecule has 0 heterocycles. The summed E-state index contributed by atoms with van der Waals surface area (Å²) >= 11 is 3.49. The van der Waals surface area contributed by atoms with Crippen molar-refractivity contribution in [2.45, 2.75) is 19.6 Å². The van der Waals surface area contributed by atoms with Crippen LogP contribution >= 0.6 is 15.9 Å². The second-order valence-electron chi connectivity index (χ2n) is 4.67. The number of hydrogen-bond acceptors (Lipinski definition) is 4. The van der Waals surface area contributed by atoms with Crippen molar-refractivity contribution in [3.8, 4) is 0 Å². The number of aliphatic hydroxyl groups is 1. The molecule has 0 aliphatic carbocycles. The number of nitrogens with zero attached hydrogens (tertiary/aromatic N) is 1. The first-order valence-electron chi connectivity index (χ1n) is 6.42. The van der Waals surface area contributed by atoms with Gasteiger partial charge in [-0.25, -0.2) is 0 Å². The van der Waals surface area contributed by atoms with Crippen LogP contribution in [0.5, 0.6) is 0 Å². The van der Waals surface area contributed by atoms with Gasteiger partial charge in [0.25, 0.3) is 0 Å². The second-order valence-corrected chi connectivity index (χ2v) is 5.59. The van der Waals surface area contributed by atoms with Crippen LogP contribution in [0.3, 0.4) is 0 Å². The number of likely N-dealkylation sites (N-methyl/N-ethyl adjacent to an activating group) is 1. The maximum absolute atomic E-state index is 9.50. The molecule has 0 saturated heterocycles. The van der Waals surface area contributed by atoms with Gasteiger partial charge in [-0.05, 0) is 24.6 Å². The lowest BCUT2D eigenvalue weighted by Gasteiger charge is -2.24. The summed E-state index contributed by atoms with van der Waals surface area (Å²) in [5.41, 5.74) is 2.34. The van der Waals surface area contributed by atoms with E-state index in [1.165, 1.54) is 5.56 Å². The Morgan fingerprint density at radius 2 is 2.21 bits per heavy atom. The molecule has 108 valence electrons. The zero-order valence-corrected chi connectivity index (χ0v) is 13.4. The Bertz CT molecular complexity index is 386. The molecule has 0 bridgehead atoms. The lowest BCUT2D eigenvalue weighted by Crippen LogP contribution is -2.28. The third-order valence-corrected chi connectivity index (χ3v) is 3.29. The molecular formula is C14H23BrN2O2. The summed E-state index contributed by atoms with van der Waals surface area (Å²) in [4.78, 5) is 2.07. The molecule has 0 aromatic heterocycles. The van der Waals surface area contributed by atoms with Crippen molar-refractivity contribution in [1.29, 1.82) is 0 Å². The highest BCUT2D eigenvalue weighted by atomic mass is 79.9. The van der Waals surface area contributed by atoms with Gasteiger partial charge in [0.1, 0.15) is 0 Å². The lowest BCUT2D eigenvalue weighted by molar-refractivity contribution is 0.199. The minimum Gasteiger partial charge on any atom is -0.392 e. The van der Waals surface area contributed by atoms with Crippen LogP contribution in [0, 0.1) is 0 Å². The summed E-state index contributed by atoms with van der Waals surface area (Å²) in [5, 5.41) is 12.8. The van der Waals surface area contributed by atoms with E-state index in [1.54, 1.807) is 14.0 Å². The van der Waals surface area contributed by atoms with Gasteiger partial charge in [-0.2, -0.15) is 0 Å². The number of anilines is 1. The first-order chi connectivity index (χ1) is 9.04. The number of aliphatic hydroxyl groups excluding tert-OH is 1. The number of halogens is 1. The Balaban J connectivity index is 2.73. The predicted octanol–water partition coefficient (Wildman–Crippen LogP) is 2.00. The van der Waals surface area contributed by atoms with Gasteiger partial charge in [-0.1, -0.05) is 22.0 Å². The van der Waals surface area contributed by atoms with E-state index < -0.39 is 0 Å². The van der Waals surface area contributed by atoms with Crippen molar-refractivity contribution < 1.29 is 9.84 Å². The number of methoxy groups -OCH3 is 1. The largest absolute Gasteiger partial charge is 0.392 e. The molecule has 19 heavy (non-hydrogen) atoms. The number of hydrogen-bond donors (Lipinski definition) is 2. The van der Waals surface area contributed by atoms with Crippen molar-refractivity contribution in [3.63, 3.8) is 0 Å². The molecule has 4 nitrogen and oxygen atoms in total. The molecule has 0 aliphatic heterocycles. The molecule has 0 amide bonds. The lowest BCUT2D eigenvalue weighted by atomic mass is 10.1. The fraction of sp³-hybridized carbons (Fsp3) is 0.571. The summed E-state index contributed by atoms with van der Waals surface area (Å²) in [5.74, 6) is 0. The van der Waals surface area contributed by atoms with Crippen LogP contribution < -0.4 is 10.2 Å². The summed E-state index contributed by atoms with van der Waals surface area (Å²) in [6.07, 6.45) is -0.349. The molecule has 0 aliphatic rings. The first-order valence-corrected chi connectivity index (χ1v) is 7.21. The van der Waals surface area contributed by atoms with E-state index in [1.807, 2.05) is 13.1 Å². The minimum atomic E-state index is -0.349. The molecular weight excluding hydrogens is 308 g/mol. The summed E-state index contributed by atoms with van der Waals surface area (Å²) in [6.45, 7) is 4.73. The van der Waals surface area contributed by atoms with Gasteiger partial charge in [0.05, 0.1) is 12.7 Å². The maximum atomic E-state index is 9.50. The minimum absolute atomic E-state index is 0.349. The second kappa shape index (κ2) is 8.53. The van der Waals surface area contributed by atoms with Crippen LogP contribution in [0.1, 0.15) is 12.5 Å². The van der Waals surface area contributed by atoms with E-state index in [2.05, 4.69) is 38.3 Å². The van der Waals surface area contributed by atoms with Gasteiger partial charge >= 0.3 is 0 Å². The van der Waals surface area contributed by atoms with Crippen molar-refractivity contribution in [2.75, 3.05) is 38.8 Å². The van der Waals surface area contributed by atoms with Crippen molar-refractivity contribution in [2.24, 2.45) is 0 Å². The van der Waals surface area contributed by atoms with Crippen molar-refractivity contribution in [1.82, 2.24) is 5.32 Å². The molecule has 0 saturated carbocycles. The van der Waals surface area contributed by atoms with Gasteiger partial charge in [0.15, 0.2) is 0 Å². The Morgan fingerprint density at radius 3 is 2.84 bits per heavy atom. The molecule has 0 fully saturated rings. The smallest absolute Gasteiger partial charge is 0.0686 e. The monoisotopic (exact) mass is 330 g/mol. The molecule has 1 unspecified atom stereocenters. The Morgan fingerprint density at radius 1 is 1.47 bits per heavy atom. The Kier molecular flexibility index (Phi) is 7.38. The van der Waals surface area contributed by atoms with Gasteiger partial charge in [-0.3, -0.25) is 0 Å². The highest BCUT2D eigenvalue weighted by Gasteiger charge is 2.10. The Labute approximate surface area is 123 Å². The zero-order chi connectivity index (χ0) is 14.3. The molecule has 1 rings (SSSR count). The van der Waals surface area contributed by atoms with Crippen LogP contribution in [0.4, 0.5) is 5.69 Å². The number of ether oxygens (including phenoxy) is 1. The third-order valence-electron chi connectivity index (χ3n) is 2.80. The van der Waals surface area contributed by atoms with Gasteiger partial charge < -0.3 is 20.1 Å². The molecule has 1 aromatic carbocycles. The maximum Gasteiger partial charge on any atom is 0.0686 e. The quantitative estimate of drug-likeness (QED) is 0.715. The van der Waals surface area contributed by atoms with E-state index >= 15 is 0 Å². The SMILES string of the molecule is COCCNCc1ccc(Br)cc1N(C)CC(C)O. The number of nitrogens with one attached hydrogen (secondary N) is 1. The van der Waals surface area contributed by atoms with E-state index in [0.29, 0.717) is 13.2 Å². The Hall–Kier alpha value is -0.620. The van der Waals surface area contributed by atoms with Crippen LogP contribution in [0.15, 0.2) is 22.7 Å². The number of rotatable bonds is 8. The molecule has 0 radical (unpaired) electrons. The zero-order valence-electron chi connectivity index (χ0n) is 11.8. The highest BCUT2D eigenvalue weighted by molar-refractivity contribution is 9.10. The molecule has 0 spiro atoms. The normalized spacial score (nSPS) is 12.5. The van der Waals surface area contributed by atoms with Crippen LogP contribution in [0.2, 0.25) is 0 Å². The van der Waals surface area contributed by atoms with E-state index in [9.17, 15) is 5.11 Å². The molecule has 1 aromatic rings. The first kappa shape index (κ1) is 16.4. The van der Waals surface area contributed by atoms with Gasteiger partial charge in [0.2, 0.25) is 0 Å². The van der Waals surface area contributed by atoms with Crippen molar-refractivity contribution >= 4 is 21.6 Å². The molecule has 5 heteroatoms. The highest BCUT2D eigenvalue weighted by Crippen LogP contribution is 2.24. The summed E-state index contributed by atoms with van der Waals surface area (Å²) < 4.78 is 6.06. The van der Waals surface area contributed by atoms with E-state index in [4.69, 9.17) is 4.74 Å². The van der Waals surface area contributed by atoms with Gasteiger partial charge in [-0.15, -0.1) is 0 Å². The fourth-order valence-electron chi connectivity index (χ4n) is 1.93. The average molecular weight is 331 g/mol. The van der Waals surface area contributed by atoms with Crippen LogP contribution in [-0.4, -0.2) is 45.1 Å². The molecule has 1 atom stereocenters. The fourth-order valence-corrected chi connectivity index (χ4v) is 2.28. The predicted molar refractivity (Wildman–Crippen MR) is 82.7 cm³/mol. The molecule has 2 N–H and O–H groups in total. The van der Waals surface area contributed by atoms with Gasteiger partial charge in [0, 0.05) is 44.0 Å². The van der Waals surface area contributed by atoms with E-state index in [-0.39, 0.29) is 6.10 Å². The summed E-state index contributed by atoms with van der Waals surface area (Å²) in [7, 11) is 3.69. The standard InChI is InChI=1S/C14H23BrN2O2/c1-11(18)10-17(2)14-8-13(15)5-4-12(14)9-16-6-7-19-3/h4-5,8,11,16,18H,6-7,9-10H2,1-3H3. The van der Waals surface area contributed by atoms with Crippen LogP contribution in [0.25, 0.3) is 0 Å². The van der Waals surface area contributed by atoms with Crippen molar-refractivity contribution in [3.05, 3.63) is 28.2 Å².